The van der Waals surface area contributed by atoms with Crippen molar-refractivity contribution in [3.8, 4) is 5.75 Å². The number of aromatic nitrogens is 5. The molecule has 0 radical (unpaired) electrons. The summed E-state index contributed by atoms with van der Waals surface area (Å²) in [5, 5.41) is 31.6. The second-order valence-electron chi connectivity index (χ2n) is 8.74. The van der Waals surface area contributed by atoms with Crippen LogP contribution in [0.4, 0.5) is 5.82 Å². The van der Waals surface area contributed by atoms with Gasteiger partial charge in [-0.15, -0.1) is 23.1 Å². The second-order valence-corrected chi connectivity index (χ2v) is 12.2. The monoisotopic (exact) mass is 609 g/mol. The number of phenolic OH excluding ortho intramolecular Hbond substituents is 1. The summed E-state index contributed by atoms with van der Waals surface area (Å²) in [6, 6.07) is 3.66. The fourth-order valence-electron chi connectivity index (χ4n) is 4.14. The summed E-state index contributed by atoms with van der Waals surface area (Å²) < 4.78 is 29.8. The molecule has 3 aromatic heterocycles. The first-order valence-electron chi connectivity index (χ1n) is 11.6. The number of phenols is 1. The van der Waals surface area contributed by atoms with Crippen molar-refractivity contribution >= 4 is 69.1 Å². The maximum Gasteiger partial charge on any atom is 0.529 e. The number of phosphoric acid groups is 1. The molecule has 6 atom stereocenters. The van der Waals surface area contributed by atoms with Crippen LogP contribution in [-0.2, 0) is 23.1 Å². The highest BCUT2D eigenvalue weighted by molar-refractivity contribution is 8.15. The summed E-state index contributed by atoms with van der Waals surface area (Å²) in [6.07, 6.45) is -2.93. The number of hydrogen-bond donors (Lipinski definition) is 5. The van der Waals surface area contributed by atoms with Crippen LogP contribution >= 0.6 is 30.9 Å². The predicted molar refractivity (Wildman–Crippen MR) is 142 cm³/mol. The Labute approximate surface area is 232 Å². The number of benzene rings is 1. The van der Waals surface area contributed by atoms with E-state index >= 15 is 0 Å². The number of anilines is 1. The molecule has 0 spiro atoms. The van der Waals surface area contributed by atoms with Gasteiger partial charge in [0.25, 0.3) is 0 Å². The molecule has 40 heavy (non-hydrogen) atoms. The zero-order valence-electron chi connectivity index (χ0n) is 20.0. The fourth-order valence-corrected chi connectivity index (χ4v) is 6.96. The van der Waals surface area contributed by atoms with Gasteiger partial charge in [-0.3, -0.25) is 19.0 Å². The largest absolute Gasteiger partial charge is 0.529 e. The Hall–Kier alpha value is -3.22. The van der Waals surface area contributed by atoms with Gasteiger partial charge < -0.3 is 30.3 Å². The van der Waals surface area contributed by atoms with Crippen LogP contribution in [0.2, 0.25) is 0 Å². The third-order valence-electron chi connectivity index (χ3n) is 6.08. The number of rotatable bonds is 7. The van der Waals surface area contributed by atoms with Gasteiger partial charge in [-0.05, 0) is 18.2 Å². The van der Waals surface area contributed by atoms with Crippen LogP contribution in [0.25, 0.3) is 21.4 Å². The summed E-state index contributed by atoms with van der Waals surface area (Å²) in [7, 11) is -4.94. The van der Waals surface area contributed by atoms with Crippen LogP contribution in [0.1, 0.15) is 11.2 Å². The number of hydrogen-bond acceptors (Lipinski definition) is 16. The molecule has 2 aliphatic heterocycles. The van der Waals surface area contributed by atoms with Crippen molar-refractivity contribution in [1.29, 1.82) is 0 Å². The molecule has 19 heteroatoms. The smallest absolute Gasteiger partial charge is 0.508 e. The number of nitrogens with two attached hydrogens (primary N) is 1. The second kappa shape index (κ2) is 10.3. The number of fused-ring (bicyclic) bond motifs is 2. The number of carbonyl (C=O) groups is 1. The maximum atomic E-state index is 12.6. The SMILES string of the molecule is Nc1ncnc2c1ncn2[C@@H]1O[C@H](COP(=O)(O)OC(=O)[C@@H]2CSC(c3nc4ccc(O)cc4s3)=N2)[C@@H](O)[C@H]1O. The molecule has 4 aromatic rings. The van der Waals surface area contributed by atoms with Gasteiger partial charge in [-0.25, -0.2) is 29.3 Å². The molecule has 1 aromatic carbocycles. The van der Waals surface area contributed by atoms with Gasteiger partial charge in [0, 0.05) is 5.75 Å². The van der Waals surface area contributed by atoms with E-state index in [9.17, 15) is 29.6 Å². The number of ether oxygens (including phenoxy) is 1. The highest BCUT2D eigenvalue weighted by Gasteiger charge is 2.46. The number of aromatic hydroxyl groups is 1. The fraction of sp³-hybridized carbons (Fsp3) is 0.333. The summed E-state index contributed by atoms with van der Waals surface area (Å²) in [4.78, 5) is 43.4. The minimum Gasteiger partial charge on any atom is -0.508 e. The molecule has 2 aliphatic rings. The molecule has 0 amide bonds. The Kier molecular flexibility index (Phi) is 6.96. The summed E-state index contributed by atoms with van der Waals surface area (Å²) in [5.41, 5.74) is 6.93. The van der Waals surface area contributed by atoms with Crippen LogP contribution < -0.4 is 5.73 Å². The Balaban J connectivity index is 1.08. The van der Waals surface area contributed by atoms with E-state index in [2.05, 4.69) is 24.9 Å². The highest BCUT2D eigenvalue weighted by Crippen LogP contribution is 2.45. The number of aliphatic hydroxyl groups excluding tert-OH is 2. The molecular formula is C21H20N7O9PS2. The molecule has 16 nitrogen and oxygen atoms in total. The van der Waals surface area contributed by atoms with Gasteiger partial charge in [0.1, 0.15) is 46.0 Å². The van der Waals surface area contributed by atoms with E-state index in [1.54, 1.807) is 12.1 Å². The van der Waals surface area contributed by atoms with E-state index in [1.807, 2.05) is 0 Å². The number of thioether (sulfide) groups is 1. The number of nitrogen functional groups attached to an aromatic ring is 1. The number of aliphatic hydroxyl groups is 2. The Bertz CT molecular complexity index is 1700. The summed E-state index contributed by atoms with van der Waals surface area (Å²) >= 11 is 2.51. The first-order chi connectivity index (χ1) is 19.1. The number of imidazole rings is 1. The zero-order chi connectivity index (χ0) is 28.2. The number of nitrogens with zero attached hydrogens (tertiary/aromatic N) is 6. The molecule has 210 valence electrons. The molecule has 5 heterocycles. The average molecular weight is 610 g/mol. The van der Waals surface area contributed by atoms with Gasteiger partial charge in [0.05, 0.1) is 23.2 Å². The minimum atomic E-state index is -4.94. The van der Waals surface area contributed by atoms with E-state index in [1.165, 1.54) is 46.4 Å². The number of aliphatic imine (C=N–C) groups is 1. The van der Waals surface area contributed by atoms with Crippen LogP contribution in [0.15, 0.2) is 35.8 Å². The van der Waals surface area contributed by atoms with E-state index in [0.29, 0.717) is 15.6 Å². The van der Waals surface area contributed by atoms with E-state index in [0.717, 1.165) is 4.70 Å². The summed E-state index contributed by atoms with van der Waals surface area (Å²) in [6.45, 7) is -0.688. The molecule has 6 rings (SSSR count). The van der Waals surface area contributed by atoms with Gasteiger partial charge in [0.2, 0.25) is 0 Å². The normalized spacial score (nSPS) is 26.3. The molecule has 0 saturated carbocycles. The van der Waals surface area contributed by atoms with Gasteiger partial charge in [-0.1, -0.05) is 0 Å². The highest BCUT2D eigenvalue weighted by atomic mass is 32.2. The zero-order valence-corrected chi connectivity index (χ0v) is 22.6. The predicted octanol–water partition coefficient (Wildman–Crippen LogP) is 0.565. The quantitative estimate of drug-likeness (QED) is 0.180. The standard InChI is InChI=1S/C21H20N7O9PS2/c22-16-13-17(24-6-23-16)28(7-25-13)20-15(31)14(30)11(36-20)4-35-38(33,34)37-21(32)10-5-39-18(27-10)19-26-9-2-1-8(29)3-12(9)40-19/h1-3,6-7,10-11,14-15,20,29-31H,4-5H2,(H,33,34)(H2,22,23,24)/t10-,11+,14+,15+,20+/m0/s1. The molecule has 0 bridgehead atoms. The first-order valence-corrected chi connectivity index (χ1v) is 14.9. The average Bonchev–Trinajstić information content (AvgIpc) is 3.69. The lowest BCUT2D eigenvalue weighted by Gasteiger charge is -2.18. The van der Waals surface area contributed by atoms with Crippen molar-refractivity contribution in [3.63, 3.8) is 0 Å². The molecule has 1 unspecified atom stereocenters. The van der Waals surface area contributed by atoms with Crippen LogP contribution in [0, 0.1) is 0 Å². The van der Waals surface area contributed by atoms with Crippen molar-refractivity contribution in [2.75, 3.05) is 18.1 Å². The summed E-state index contributed by atoms with van der Waals surface area (Å²) in [5.74, 6) is -0.725. The van der Waals surface area contributed by atoms with Crippen molar-refractivity contribution in [3.05, 3.63) is 35.9 Å². The van der Waals surface area contributed by atoms with Gasteiger partial charge in [0.15, 0.2) is 23.7 Å². The van der Waals surface area contributed by atoms with Crippen molar-refractivity contribution in [2.24, 2.45) is 4.99 Å². The van der Waals surface area contributed by atoms with E-state index < -0.39 is 51.0 Å². The molecular weight excluding hydrogens is 589 g/mol. The lowest BCUT2D eigenvalue weighted by Crippen LogP contribution is -2.33. The molecule has 0 aliphatic carbocycles. The van der Waals surface area contributed by atoms with Crippen LogP contribution in [0.3, 0.4) is 0 Å². The number of thiazole rings is 1. The number of carbonyl (C=O) groups excluding carboxylic acids is 1. The van der Waals surface area contributed by atoms with Crippen molar-refractivity contribution in [1.82, 2.24) is 24.5 Å². The molecule has 1 fully saturated rings. The Morgan fingerprint density at radius 2 is 2.08 bits per heavy atom. The van der Waals surface area contributed by atoms with Gasteiger partial charge in [-0.2, -0.15) is 0 Å². The molecule has 6 N–H and O–H groups in total. The Morgan fingerprint density at radius 1 is 1.25 bits per heavy atom. The van der Waals surface area contributed by atoms with Crippen molar-refractivity contribution < 1.29 is 43.4 Å². The minimum absolute atomic E-state index is 0.0967. The lowest BCUT2D eigenvalue weighted by atomic mass is 10.1. The first kappa shape index (κ1) is 27.0. The van der Waals surface area contributed by atoms with E-state index in [-0.39, 0.29) is 28.5 Å². The van der Waals surface area contributed by atoms with Crippen LogP contribution in [-0.4, -0.2) is 92.4 Å². The lowest BCUT2D eigenvalue weighted by molar-refractivity contribution is -0.137. The third-order valence-corrected chi connectivity index (χ3v) is 9.18. The maximum absolute atomic E-state index is 12.6. The number of phosphoric ester groups is 1. The Morgan fingerprint density at radius 3 is 2.90 bits per heavy atom. The van der Waals surface area contributed by atoms with Crippen LogP contribution in [0.5, 0.6) is 5.75 Å². The van der Waals surface area contributed by atoms with E-state index in [4.69, 9.17) is 19.5 Å². The molecule has 1 saturated heterocycles. The van der Waals surface area contributed by atoms with Crippen molar-refractivity contribution in [2.45, 2.75) is 30.6 Å². The third kappa shape index (κ3) is 5.04. The van der Waals surface area contributed by atoms with Gasteiger partial charge >= 0.3 is 13.8 Å². The topological polar surface area (TPSA) is 238 Å².